The lowest BCUT2D eigenvalue weighted by Crippen LogP contribution is -2.34. The van der Waals surface area contributed by atoms with Gasteiger partial charge in [-0.2, -0.15) is 0 Å². The topological polar surface area (TPSA) is 57.5 Å². The van der Waals surface area contributed by atoms with Gasteiger partial charge in [-0.3, -0.25) is 4.79 Å². The Balaban J connectivity index is 1.46. The summed E-state index contributed by atoms with van der Waals surface area (Å²) < 4.78 is 0. The molecule has 2 aliphatic carbocycles. The fourth-order valence-electron chi connectivity index (χ4n) is 6.37. The first-order chi connectivity index (χ1) is 16.5. The van der Waals surface area contributed by atoms with Crippen LogP contribution in [-0.4, -0.2) is 16.0 Å². The number of ketones is 1. The molecule has 0 heterocycles. The number of aryl methyl sites for hydroxylation is 2. The highest BCUT2D eigenvalue weighted by Gasteiger charge is 2.39. The highest BCUT2D eigenvalue weighted by Crippen LogP contribution is 2.49. The lowest BCUT2D eigenvalue weighted by Gasteiger charge is -2.42. The summed E-state index contributed by atoms with van der Waals surface area (Å²) in [6.45, 7) is 18.1. The molecule has 0 unspecified atom stereocenters. The van der Waals surface area contributed by atoms with Gasteiger partial charge in [0.25, 0.3) is 0 Å². The third-order valence-electron chi connectivity index (χ3n) is 9.45. The number of hydrogen-bond donors (Lipinski definition) is 2. The Morgan fingerprint density at radius 3 is 1.17 bits per heavy atom. The smallest absolute Gasteiger partial charge is 0.133 e. The highest BCUT2D eigenvalue weighted by atomic mass is 16.3. The van der Waals surface area contributed by atoms with Crippen LogP contribution in [0.25, 0.3) is 0 Å². The molecule has 2 N–H and O–H groups in total. The molecule has 3 nitrogen and oxygen atoms in total. The van der Waals surface area contributed by atoms with E-state index in [1.54, 1.807) is 0 Å². The van der Waals surface area contributed by atoms with E-state index >= 15 is 0 Å². The lowest BCUT2D eigenvalue weighted by molar-refractivity contribution is -0.119. The number of carbonyl (C=O) groups is 1. The molecule has 0 fully saturated rings. The van der Waals surface area contributed by atoms with Gasteiger partial charge >= 0.3 is 0 Å². The molecular weight excluding hydrogens is 444 g/mol. The van der Waals surface area contributed by atoms with Gasteiger partial charge in [0.1, 0.15) is 17.3 Å². The van der Waals surface area contributed by atoms with Gasteiger partial charge in [-0.25, -0.2) is 0 Å². The monoisotopic (exact) mass is 490 g/mol. The Hall–Kier alpha value is -2.29. The zero-order valence-corrected chi connectivity index (χ0v) is 23.8. The van der Waals surface area contributed by atoms with Gasteiger partial charge in [0.2, 0.25) is 0 Å². The number of benzene rings is 2. The molecule has 0 atom stereocenters. The number of carbonyl (C=O) groups excluding carboxylic acids is 1. The van der Waals surface area contributed by atoms with Crippen LogP contribution in [0.4, 0.5) is 0 Å². The molecule has 2 aliphatic rings. The fraction of sp³-hybridized carbons (Fsp3) is 0.606. The first kappa shape index (κ1) is 26.8. The maximum absolute atomic E-state index is 12.9. The molecule has 0 saturated heterocycles. The molecule has 0 radical (unpaired) electrons. The van der Waals surface area contributed by atoms with Crippen LogP contribution in [0.5, 0.6) is 11.5 Å². The summed E-state index contributed by atoms with van der Waals surface area (Å²) in [6.07, 6.45) is 6.35. The first-order valence-corrected chi connectivity index (χ1v) is 13.8. The Morgan fingerprint density at radius 2 is 0.861 bits per heavy atom. The van der Waals surface area contributed by atoms with E-state index in [1.165, 1.54) is 22.3 Å². The number of rotatable bonds is 6. The average molecular weight is 491 g/mol. The largest absolute Gasteiger partial charge is 0.508 e. The molecule has 0 spiro atoms. The van der Waals surface area contributed by atoms with Crippen LogP contribution in [0.2, 0.25) is 0 Å². The van der Waals surface area contributed by atoms with Crippen molar-refractivity contribution in [2.24, 2.45) is 0 Å². The van der Waals surface area contributed by atoms with Gasteiger partial charge < -0.3 is 10.2 Å². The number of aromatic hydroxyl groups is 2. The minimum Gasteiger partial charge on any atom is -0.508 e. The van der Waals surface area contributed by atoms with Gasteiger partial charge in [-0.15, -0.1) is 0 Å². The zero-order chi connectivity index (χ0) is 26.7. The summed E-state index contributed by atoms with van der Waals surface area (Å²) in [5.41, 5.74) is 7.08. The van der Waals surface area contributed by atoms with Crippen molar-refractivity contribution in [2.75, 3.05) is 0 Å². The Labute approximate surface area is 218 Å². The molecule has 0 aromatic heterocycles. The summed E-state index contributed by atoms with van der Waals surface area (Å²) in [4.78, 5) is 12.9. The van der Waals surface area contributed by atoms with E-state index in [2.05, 4.69) is 67.5 Å². The molecule has 0 aliphatic heterocycles. The quantitative estimate of drug-likeness (QED) is 0.432. The van der Waals surface area contributed by atoms with Crippen LogP contribution in [-0.2, 0) is 39.3 Å². The van der Waals surface area contributed by atoms with Gasteiger partial charge in [-0.05, 0) is 106 Å². The molecule has 196 valence electrons. The maximum atomic E-state index is 12.9. The first-order valence-electron chi connectivity index (χ1n) is 13.8. The second-order valence-corrected chi connectivity index (χ2v) is 14.1. The van der Waals surface area contributed by atoms with Crippen molar-refractivity contribution in [2.45, 2.75) is 128 Å². The Kier molecular flexibility index (Phi) is 6.63. The summed E-state index contributed by atoms with van der Waals surface area (Å²) in [7, 11) is 0. The van der Waals surface area contributed by atoms with Crippen molar-refractivity contribution in [3.8, 4) is 11.5 Å². The van der Waals surface area contributed by atoms with Crippen LogP contribution >= 0.6 is 0 Å². The number of Topliss-reactive ketones (excluding diaryl/α,β-unsaturated/α-hetero) is 1. The fourth-order valence-corrected chi connectivity index (χ4v) is 6.37. The second-order valence-electron chi connectivity index (χ2n) is 14.1. The number of hydrogen-bond acceptors (Lipinski definition) is 3. The van der Waals surface area contributed by atoms with Crippen molar-refractivity contribution in [1.82, 2.24) is 0 Å². The minimum absolute atomic E-state index is 0.0529. The summed E-state index contributed by atoms with van der Waals surface area (Å²) in [5, 5.41) is 21.6. The maximum Gasteiger partial charge on any atom is 0.133 e. The average Bonchev–Trinajstić information content (AvgIpc) is 2.78. The third-order valence-corrected chi connectivity index (χ3v) is 9.45. The van der Waals surface area contributed by atoms with E-state index < -0.39 is 0 Å². The number of phenols is 2. The van der Waals surface area contributed by atoms with E-state index in [4.69, 9.17) is 0 Å². The van der Waals surface area contributed by atoms with Gasteiger partial charge in [0.15, 0.2) is 0 Å². The number of phenolic OH excluding ortho intramolecular Hbond substituents is 2. The molecule has 0 saturated carbocycles. The normalized spacial score (nSPS) is 20.9. The standard InChI is InChI=1S/C33H46O3/c1-30(2)13-15-32(5,6)26-19-28(35)21(17-24(26)30)9-11-23(34)12-10-22-18-25-27(20-29(22)36)33(7,8)16-14-31(25,3)4/h17-20,35-36H,9-16H2,1-8H3. The van der Waals surface area contributed by atoms with E-state index in [0.29, 0.717) is 37.2 Å². The Bertz CT molecular complexity index is 1090. The molecule has 2 aromatic rings. The van der Waals surface area contributed by atoms with E-state index in [9.17, 15) is 15.0 Å². The summed E-state index contributed by atoms with van der Waals surface area (Å²) in [6, 6.07) is 8.20. The molecule has 3 heteroatoms. The van der Waals surface area contributed by atoms with Crippen LogP contribution < -0.4 is 0 Å². The van der Waals surface area contributed by atoms with Crippen LogP contribution in [0.15, 0.2) is 24.3 Å². The van der Waals surface area contributed by atoms with Crippen molar-refractivity contribution in [3.63, 3.8) is 0 Å². The van der Waals surface area contributed by atoms with Crippen molar-refractivity contribution in [3.05, 3.63) is 57.6 Å². The van der Waals surface area contributed by atoms with Crippen molar-refractivity contribution >= 4 is 5.78 Å². The van der Waals surface area contributed by atoms with E-state index in [0.717, 1.165) is 36.8 Å². The Morgan fingerprint density at radius 1 is 0.583 bits per heavy atom. The predicted octanol–water partition coefficient (Wildman–Crippen LogP) is 7.93. The third kappa shape index (κ3) is 4.95. The van der Waals surface area contributed by atoms with Crippen molar-refractivity contribution < 1.29 is 15.0 Å². The van der Waals surface area contributed by atoms with Crippen LogP contribution in [0, 0.1) is 0 Å². The minimum atomic E-state index is 0.0529. The van der Waals surface area contributed by atoms with Crippen molar-refractivity contribution in [1.29, 1.82) is 0 Å². The zero-order valence-electron chi connectivity index (χ0n) is 23.8. The van der Waals surface area contributed by atoms with Gasteiger partial charge in [-0.1, -0.05) is 67.5 Å². The predicted molar refractivity (Wildman–Crippen MR) is 148 cm³/mol. The van der Waals surface area contributed by atoms with E-state index in [1.807, 2.05) is 12.1 Å². The molecule has 2 aromatic carbocycles. The SMILES string of the molecule is CC1(C)CCC(C)(C)c2cc(CCC(=O)CCc3cc4c(cc3O)C(C)(C)CCC4(C)C)c(O)cc21. The number of fused-ring (bicyclic) bond motifs is 2. The van der Waals surface area contributed by atoms with Gasteiger partial charge in [0.05, 0.1) is 0 Å². The molecule has 0 bridgehead atoms. The lowest BCUT2D eigenvalue weighted by atomic mass is 9.62. The summed E-state index contributed by atoms with van der Waals surface area (Å²) >= 11 is 0. The van der Waals surface area contributed by atoms with Crippen LogP contribution in [0.1, 0.15) is 127 Å². The van der Waals surface area contributed by atoms with Gasteiger partial charge in [0, 0.05) is 12.8 Å². The molecule has 36 heavy (non-hydrogen) atoms. The summed E-state index contributed by atoms with van der Waals surface area (Å²) in [5.74, 6) is 0.789. The molecule has 0 amide bonds. The molecule has 4 rings (SSSR count). The van der Waals surface area contributed by atoms with Crippen LogP contribution in [0.3, 0.4) is 0 Å². The second kappa shape index (κ2) is 8.92. The highest BCUT2D eigenvalue weighted by molar-refractivity contribution is 5.79. The molecular formula is C33H46O3. The van der Waals surface area contributed by atoms with E-state index in [-0.39, 0.29) is 27.4 Å².